The zero-order valence-corrected chi connectivity index (χ0v) is 19.5. The molecule has 0 radical (unpaired) electrons. The number of benzene rings is 2. The number of nitrogens with zero attached hydrogens (tertiary/aromatic N) is 4. The zero-order valence-electron chi connectivity index (χ0n) is 18.7. The molecule has 2 heterocycles. The Morgan fingerprint density at radius 1 is 0.941 bits per heavy atom. The first-order valence-corrected chi connectivity index (χ1v) is 12.1. The highest BCUT2D eigenvalue weighted by molar-refractivity contribution is 7.99. The number of nitrogens with one attached hydrogen (secondary N) is 1. The Labute approximate surface area is 202 Å². The second-order valence-corrected chi connectivity index (χ2v) is 9.00. The molecule has 176 valence electrons. The van der Waals surface area contributed by atoms with E-state index >= 15 is 0 Å². The lowest BCUT2D eigenvalue weighted by Gasteiger charge is -2.34. The fraction of sp³-hybridized carbons (Fsp3) is 0.280. The Kier molecular flexibility index (Phi) is 8.08. The third kappa shape index (κ3) is 6.54. The predicted molar refractivity (Wildman–Crippen MR) is 131 cm³/mol. The van der Waals surface area contributed by atoms with Crippen molar-refractivity contribution >= 4 is 35.2 Å². The number of hydrogen-bond acceptors (Lipinski definition) is 6. The molecule has 2 aromatic carbocycles. The molecule has 1 aliphatic heterocycles. The first-order valence-electron chi connectivity index (χ1n) is 11.1. The van der Waals surface area contributed by atoms with Crippen molar-refractivity contribution < 1.29 is 14.0 Å². The SMILES string of the molecule is O=C(CCSc1ccccc1F)Nc1ccc(CC(=O)N2CCN(c3ncccn3)CC2)cc1. The molecule has 0 unspecified atom stereocenters. The lowest BCUT2D eigenvalue weighted by molar-refractivity contribution is -0.130. The Hall–Kier alpha value is -3.46. The van der Waals surface area contributed by atoms with Crippen LogP contribution < -0.4 is 10.2 Å². The van der Waals surface area contributed by atoms with E-state index in [1.165, 1.54) is 17.8 Å². The van der Waals surface area contributed by atoms with E-state index < -0.39 is 0 Å². The molecule has 1 aliphatic rings. The Morgan fingerprint density at radius 2 is 1.65 bits per heavy atom. The minimum atomic E-state index is -0.273. The van der Waals surface area contributed by atoms with Crippen molar-refractivity contribution in [3.05, 3.63) is 78.4 Å². The molecule has 0 aliphatic carbocycles. The largest absolute Gasteiger partial charge is 0.339 e. The number of halogens is 1. The summed E-state index contributed by atoms with van der Waals surface area (Å²) in [5.41, 5.74) is 1.57. The fourth-order valence-electron chi connectivity index (χ4n) is 3.64. The van der Waals surface area contributed by atoms with Crippen LogP contribution in [0, 0.1) is 5.82 Å². The number of carbonyl (C=O) groups excluding carboxylic acids is 2. The third-order valence-electron chi connectivity index (χ3n) is 5.48. The minimum Gasteiger partial charge on any atom is -0.339 e. The molecule has 0 bridgehead atoms. The molecule has 9 heteroatoms. The van der Waals surface area contributed by atoms with Crippen molar-refractivity contribution in [3.63, 3.8) is 0 Å². The van der Waals surface area contributed by atoms with E-state index in [2.05, 4.69) is 20.2 Å². The minimum absolute atomic E-state index is 0.0792. The summed E-state index contributed by atoms with van der Waals surface area (Å²) in [6.07, 6.45) is 4.03. The van der Waals surface area contributed by atoms with E-state index in [1.807, 2.05) is 17.0 Å². The number of rotatable bonds is 8. The van der Waals surface area contributed by atoms with Gasteiger partial charge in [-0.3, -0.25) is 9.59 Å². The first kappa shape index (κ1) is 23.7. The summed E-state index contributed by atoms with van der Waals surface area (Å²) in [6, 6.07) is 15.6. The van der Waals surface area contributed by atoms with Gasteiger partial charge in [0.05, 0.1) is 6.42 Å². The van der Waals surface area contributed by atoms with Crippen molar-refractivity contribution in [3.8, 4) is 0 Å². The molecule has 2 amide bonds. The predicted octanol–water partition coefficient (Wildman–Crippen LogP) is 3.63. The van der Waals surface area contributed by atoms with Gasteiger partial charge in [-0.2, -0.15) is 0 Å². The van der Waals surface area contributed by atoms with Crippen LogP contribution >= 0.6 is 11.8 Å². The van der Waals surface area contributed by atoms with Gasteiger partial charge in [-0.05, 0) is 35.9 Å². The average molecular weight is 480 g/mol. The molecule has 4 rings (SSSR count). The maximum absolute atomic E-state index is 13.6. The first-order chi connectivity index (χ1) is 16.6. The summed E-state index contributed by atoms with van der Waals surface area (Å²) >= 11 is 1.32. The molecule has 7 nitrogen and oxygen atoms in total. The highest BCUT2D eigenvalue weighted by Gasteiger charge is 2.22. The van der Waals surface area contributed by atoms with Gasteiger partial charge in [-0.15, -0.1) is 11.8 Å². The fourth-order valence-corrected chi connectivity index (χ4v) is 4.53. The number of hydrogen-bond donors (Lipinski definition) is 1. The molecule has 3 aromatic rings. The second kappa shape index (κ2) is 11.6. The van der Waals surface area contributed by atoms with Gasteiger partial charge in [0.1, 0.15) is 5.82 Å². The van der Waals surface area contributed by atoms with Gasteiger partial charge in [-0.25, -0.2) is 14.4 Å². The lowest BCUT2D eigenvalue weighted by Crippen LogP contribution is -2.49. The summed E-state index contributed by atoms with van der Waals surface area (Å²) in [5.74, 6) is 0.856. The van der Waals surface area contributed by atoms with Gasteiger partial charge < -0.3 is 15.1 Å². The van der Waals surface area contributed by atoms with E-state index in [0.29, 0.717) is 54.9 Å². The van der Waals surface area contributed by atoms with E-state index in [-0.39, 0.29) is 24.1 Å². The van der Waals surface area contributed by atoms with Crippen LogP contribution in [0.5, 0.6) is 0 Å². The van der Waals surface area contributed by atoms with Crippen LogP contribution in [0.3, 0.4) is 0 Å². The summed E-state index contributed by atoms with van der Waals surface area (Å²) in [5, 5.41) is 2.85. The van der Waals surface area contributed by atoms with Crippen molar-refractivity contribution in [2.45, 2.75) is 17.7 Å². The molecule has 1 saturated heterocycles. The van der Waals surface area contributed by atoms with Gasteiger partial charge in [0.25, 0.3) is 0 Å². The molecular formula is C25H26FN5O2S. The third-order valence-corrected chi connectivity index (χ3v) is 6.53. The summed E-state index contributed by atoms with van der Waals surface area (Å²) < 4.78 is 13.6. The van der Waals surface area contributed by atoms with E-state index in [9.17, 15) is 14.0 Å². The van der Waals surface area contributed by atoms with Crippen LogP contribution in [0.25, 0.3) is 0 Å². The topological polar surface area (TPSA) is 78.4 Å². The standard InChI is InChI=1S/C25H26FN5O2S/c26-21-4-1-2-5-22(21)34-17-10-23(32)29-20-8-6-19(7-9-20)18-24(33)30-13-15-31(16-14-30)25-27-11-3-12-28-25/h1-9,11-12H,10,13-18H2,(H,29,32). The number of thioether (sulfide) groups is 1. The van der Waals surface area contributed by atoms with Crippen LogP contribution in [-0.4, -0.2) is 58.6 Å². The zero-order chi connectivity index (χ0) is 23.8. The maximum atomic E-state index is 13.6. The second-order valence-electron chi connectivity index (χ2n) is 7.87. The van der Waals surface area contributed by atoms with E-state index in [0.717, 1.165) is 5.56 Å². The summed E-state index contributed by atoms with van der Waals surface area (Å²) in [7, 11) is 0. The number of aromatic nitrogens is 2. The van der Waals surface area contributed by atoms with Crippen molar-refractivity contribution in [2.24, 2.45) is 0 Å². The average Bonchev–Trinajstić information content (AvgIpc) is 2.87. The van der Waals surface area contributed by atoms with Gasteiger partial charge in [0, 0.05) is 61.3 Å². The monoisotopic (exact) mass is 479 g/mol. The molecule has 0 spiro atoms. The molecule has 34 heavy (non-hydrogen) atoms. The molecule has 1 aromatic heterocycles. The van der Waals surface area contributed by atoms with E-state index in [4.69, 9.17) is 0 Å². The number of anilines is 2. The molecular weight excluding hydrogens is 453 g/mol. The highest BCUT2D eigenvalue weighted by Crippen LogP contribution is 2.22. The molecule has 0 atom stereocenters. The molecule has 1 N–H and O–H groups in total. The summed E-state index contributed by atoms with van der Waals surface area (Å²) in [4.78, 5) is 37.9. The Balaban J connectivity index is 1.19. The molecule has 0 saturated carbocycles. The Morgan fingerprint density at radius 3 is 2.35 bits per heavy atom. The van der Waals surface area contributed by atoms with Crippen molar-refractivity contribution in [1.29, 1.82) is 0 Å². The van der Waals surface area contributed by atoms with Crippen LogP contribution in [0.15, 0.2) is 71.9 Å². The van der Waals surface area contributed by atoms with Gasteiger partial charge in [-0.1, -0.05) is 24.3 Å². The summed E-state index contributed by atoms with van der Waals surface area (Å²) in [6.45, 7) is 2.68. The van der Waals surface area contributed by atoms with E-state index in [1.54, 1.807) is 48.8 Å². The lowest BCUT2D eigenvalue weighted by atomic mass is 10.1. The maximum Gasteiger partial charge on any atom is 0.227 e. The number of carbonyl (C=O) groups is 2. The van der Waals surface area contributed by atoms with Gasteiger partial charge >= 0.3 is 0 Å². The Bertz CT molecular complexity index is 1110. The van der Waals surface area contributed by atoms with Crippen LogP contribution in [0.2, 0.25) is 0 Å². The van der Waals surface area contributed by atoms with Crippen LogP contribution in [-0.2, 0) is 16.0 Å². The van der Waals surface area contributed by atoms with Crippen LogP contribution in [0.1, 0.15) is 12.0 Å². The smallest absolute Gasteiger partial charge is 0.227 e. The quantitative estimate of drug-likeness (QED) is 0.497. The number of piperazine rings is 1. The normalized spacial score (nSPS) is 13.6. The van der Waals surface area contributed by atoms with Crippen molar-refractivity contribution in [1.82, 2.24) is 14.9 Å². The molecule has 1 fully saturated rings. The van der Waals surface area contributed by atoms with Crippen molar-refractivity contribution in [2.75, 3.05) is 42.1 Å². The van der Waals surface area contributed by atoms with Gasteiger partial charge in [0.2, 0.25) is 17.8 Å². The highest BCUT2D eigenvalue weighted by atomic mass is 32.2. The number of amides is 2. The van der Waals surface area contributed by atoms with Gasteiger partial charge in [0.15, 0.2) is 0 Å². The van der Waals surface area contributed by atoms with Crippen LogP contribution in [0.4, 0.5) is 16.0 Å².